The van der Waals surface area contributed by atoms with Crippen molar-refractivity contribution in [2.75, 3.05) is 0 Å². The molecule has 1 atom stereocenters. The van der Waals surface area contributed by atoms with Gasteiger partial charge >= 0.3 is 5.69 Å². The highest BCUT2D eigenvalue weighted by atomic mass is 16.2. The number of hydrogen-bond acceptors (Lipinski definition) is 3. The fourth-order valence-corrected chi connectivity index (χ4v) is 3.57. The number of nitrogens with zero attached hydrogens (tertiary/aromatic N) is 5. The molecule has 7 heteroatoms. The second kappa shape index (κ2) is 6.45. The van der Waals surface area contributed by atoms with Gasteiger partial charge in [-0.25, -0.2) is 4.79 Å². The van der Waals surface area contributed by atoms with Crippen molar-refractivity contribution in [1.82, 2.24) is 23.1 Å². The molecular formula is C19H29N5O2. The summed E-state index contributed by atoms with van der Waals surface area (Å²) in [5, 5.41) is 0. The van der Waals surface area contributed by atoms with E-state index in [-0.39, 0.29) is 17.3 Å². The minimum absolute atomic E-state index is 0.249. The highest BCUT2D eigenvalue weighted by molar-refractivity contribution is 5.76. The Balaban J connectivity index is 2.43. The van der Waals surface area contributed by atoms with Crippen LogP contribution in [0, 0.1) is 19.8 Å². The van der Waals surface area contributed by atoms with Crippen molar-refractivity contribution >= 4 is 16.9 Å². The lowest BCUT2D eigenvalue weighted by Gasteiger charge is -2.13. The molecule has 0 aromatic carbocycles. The Morgan fingerprint density at radius 1 is 1.08 bits per heavy atom. The molecule has 0 spiro atoms. The van der Waals surface area contributed by atoms with E-state index >= 15 is 0 Å². The van der Waals surface area contributed by atoms with Gasteiger partial charge in [-0.2, -0.15) is 4.98 Å². The van der Waals surface area contributed by atoms with Gasteiger partial charge in [0.05, 0.1) is 0 Å². The average molecular weight is 359 g/mol. The molecule has 0 radical (unpaired) electrons. The Hall–Kier alpha value is -2.31. The predicted molar refractivity (Wildman–Crippen MR) is 104 cm³/mol. The molecule has 0 N–H and O–H groups in total. The summed E-state index contributed by atoms with van der Waals surface area (Å²) in [5.41, 5.74) is 2.50. The third-order valence-corrected chi connectivity index (χ3v) is 5.52. The fourth-order valence-electron chi connectivity index (χ4n) is 3.57. The second-order valence-electron chi connectivity index (χ2n) is 7.70. The largest absolute Gasteiger partial charge is 0.332 e. The van der Waals surface area contributed by atoms with Crippen molar-refractivity contribution in [2.24, 2.45) is 13.0 Å². The van der Waals surface area contributed by atoms with Gasteiger partial charge in [0.25, 0.3) is 5.56 Å². The normalized spacial score (nSPS) is 13.4. The first-order valence-electron chi connectivity index (χ1n) is 9.40. The van der Waals surface area contributed by atoms with Crippen LogP contribution in [0.2, 0.25) is 0 Å². The number of aromatic nitrogens is 5. The molecule has 3 aromatic heterocycles. The average Bonchev–Trinajstić information content (AvgIpc) is 3.08. The van der Waals surface area contributed by atoms with Crippen LogP contribution < -0.4 is 11.2 Å². The maximum atomic E-state index is 13.2. The molecule has 0 saturated heterocycles. The Morgan fingerprint density at radius 2 is 1.73 bits per heavy atom. The van der Waals surface area contributed by atoms with Gasteiger partial charge in [-0.3, -0.25) is 18.3 Å². The topological polar surface area (TPSA) is 66.2 Å². The minimum Gasteiger partial charge on any atom is -0.311 e. The van der Waals surface area contributed by atoms with E-state index in [9.17, 15) is 9.59 Å². The van der Waals surface area contributed by atoms with Crippen LogP contribution in [0.1, 0.15) is 58.0 Å². The number of aryl methyl sites for hydroxylation is 2. The highest BCUT2D eigenvalue weighted by Gasteiger charge is 2.23. The first-order chi connectivity index (χ1) is 12.2. The van der Waals surface area contributed by atoms with Crippen LogP contribution in [0.15, 0.2) is 9.59 Å². The van der Waals surface area contributed by atoms with E-state index in [1.165, 1.54) is 9.13 Å². The molecule has 0 aliphatic heterocycles. The molecule has 0 aliphatic carbocycles. The van der Waals surface area contributed by atoms with Crippen molar-refractivity contribution in [3.8, 4) is 0 Å². The van der Waals surface area contributed by atoms with Gasteiger partial charge < -0.3 is 4.57 Å². The zero-order valence-electron chi connectivity index (χ0n) is 16.8. The lowest BCUT2D eigenvalue weighted by molar-refractivity contribution is 0.488. The third-order valence-electron chi connectivity index (χ3n) is 5.52. The Bertz CT molecular complexity index is 1090. The number of imidazole rings is 2. The number of fused-ring (bicyclic) bond motifs is 3. The number of rotatable bonds is 5. The van der Waals surface area contributed by atoms with Crippen LogP contribution in [0.25, 0.3) is 16.9 Å². The summed E-state index contributed by atoms with van der Waals surface area (Å²) in [7, 11) is 1.69. The summed E-state index contributed by atoms with van der Waals surface area (Å²) in [6.45, 7) is 12.9. The van der Waals surface area contributed by atoms with Crippen LogP contribution in [0.5, 0.6) is 0 Å². The molecule has 3 aromatic rings. The molecule has 3 heterocycles. The fraction of sp³-hybridized carbons (Fsp3) is 0.632. The zero-order valence-corrected chi connectivity index (χ0v) is 16.8. The highest BCUT2D eigenvalue weighted by Crippen LogP contribution is 2.25. The molecule has 0 bridgehead atoms. The van der Waals surface area contributed by atoms with Crippen molar-refractivity contribution < 1.29 is 0 Å². The molecule has 0 fully saturated rings. The molecule has 7 nitrogen and oxygen atoms in total. The van der Waals surface area contributed by atoms with E-state index < -0.39 is 0 Å². The molecule has 3 rings (SSSR count). The van der Waals surface area contributed by atoms with E-state index in [0.717, 1.165) is 30.0 Å². The predicted octanol–water partition coefficient (Wildman–Crippen LogP) is 2.78. The maximum Gasteiger partial charge on any atom is 0.332 e. The van der Waals surface area contributed by atoms with E-state index in [0.29, 0.717) is 23.6 Å². The molecule has 0 aliphatic rings. The summed E-state index contributed by atoms with van der Waals surface area (Å²) in [6, 6.07) is 0.267. The first kappa shape index (κ1) is 18.5. The van der Waals surface area contributed by atoms with Gasteiger partial charge in [-0.05, 0) is 39.5 Å². The third kappa shape index (κ3) is 2.52. The molecule has 0 amide bonds. The van der Waals surface area contributed by atoms with Crippen molar-refractivity contribution in [2.45, 2.75) is 67.0 Å². The van der Waals surface area contributed by atoms with Gasteiger partial charge in [0.1, 0.15) is 0 Å². The van der Waals surface area contributed by atoms with Crippen molar-refractivity contribution in [3.63, 3.8) is 0 Å². The quantitative estimate of drug-likeness (QED) is 0.703. The Labute approximate surface area is 152 Å². The molecule has 0 saturated carbocycles. The molecule has 142 valence electrons. The van der Waals surface area contributed by atoms with Crippen LogP contribution in [0.3, 0.4) is 0 Å². The summed E-state index contributed by atoms with van der Waals surface area (Å²) < 4.78 is 6.94. The monoisotopic (exact) mass is 359 g/mol. The van der Waals surface area contributed by atoms with E-state index in [1.807, 2.05) is 11.3 Å². The smallest absolute Gasteiger partial charge is 0.311 e. The SMILES string of the molecule is CCC(C)n1c(C)c(C)n2c3c(=O)n(CCC(C)C)c(=O)n(C)c3nc12. The summed E-state index contributed by atoms with van der Waals surface area (Å²) >= 11 is 0. The van der Waals surface area contributed by atoms with Gasteiger partial charge in [-0.15, -0.1) is 0 Å². The maximum absolute atomic E-state index is 13.2. The molecule has 1 unspecified atom stereocenters. The Kier molecular flexibility index (Phi) is 4.58. The summed E-state index contributed by atoms with van der Waals surface area (Å²) in [6.07, 6.45) is 1.75. The summed E-state index contributed by atoms with van der Waals surface area (Å²) in [5.74, 6) is 1.15. The van der Waals surface area contributed by atoms with Crippen molar-refractivity contribution in [1.29, 1.82) is 0 Å². The Morgan fingerprint density at radius 3 is 2.31 bits per heavy atom. The van der Waals surface area contributed by atoms with Gasteiger partial charge in [0.15, 0.2) is 11.2 Å². The van der Waals surface area contributed by atoms with Gasteiger partial charge in [0, 0.05) is 31.0 Å². The van der Waals surface area contributed by atoms with Gasteiger partial charge in [0.2, 0.25) is 5.78 Å². The summed E-state index contributed by atoms with van der Waals surface area (Å²) in [4.78, 5) is 30.6. The van der Waals surface area contributed by atoms with E-state index in [1.54, 1.807) is 7.05 Å². The van der Waals surface area contributed by atoms with Crippen LogP contribution in [-0.2, 0) is 13.6 Å². The lowest BCUT2D eigenvalue weighted by atomic mass is 10.1. The minimum atomic E-state index is -0.298. The van der Waals surface area contributed by atoms with Crippen LogP contribution >= 0.6 is 0 Å². The van der Waals surface area contributed by atoms with Crippen LogP contribution in [0.4, 0.5) is 0 Å². The number of hydrogen-bond donors (Lipinski definition) is 0. The van der Waals surface area contributed by atoms with Gasteiger partial charge in [-0.1, -0.05) is 20.8 Å². The standard InChI is InChI=1S/C19H29N5O2/c1-8-12(4)23-13(5)14(6)24-15-16(20-18(23)24)21(7)19(26)22(17(15)25)10-9-11(2)3/h11-12H,8-10H2,1-7H3. The van der Waals surface area contributed by atoms with E-state index in [2.05, 4.69) is 39.2 Å². The van der Waals surface area contributed by atoms with E-state index in [4.69, 9.17) is 4.98 Å². The van der Waals surface area contributed by atoms with Crippen LogP contribution in [-0.4, -0.2) is 23.1 Å². The molecule has 26 heavy (non-hydrogen) atoms. The second-order valence-corrected chi connectivity index (χ2v) is 7.70. The lowest BCUT2D eigenvalue weighted by Crippen LogP contribution is -2.39. The molecular weight excluding hydrogens is 330 g/mol. The first-order valence-corrected chi connectivity index (χ1v) is 9.40. The van der Waals surface area contributed by atoms with Crippen molar-refractivity contribution in [3.05, 3.63) is 32.2 Å². The zero-order chi connectivity index (χ0) is 19.3.